The Hall–Kier alpha value is -3.14. The van der Waals surface area contributed by atoms with Crippen LogP contribution in [0.15, 0.2) is 71.8 Å². The van der Waals surface area contributed by atoms with E-state index < -0.39 is 0 Å². The number of rotatable bonds is 5. The molecule has 4 nitrogen and oxygen atoms in total. The number of hydrogen-bond acceptors (Lipinski definition) is 3. The van der Waals surface area contributed by atoms with Crippen LogP contribution in [0.25, 0.3) is 10.8 Å². The first-order chi connectivity index (χ1) is 12.1. The Labute approximate surface area is 147 Å². The van der Waals surface area contributed by atoms with Crippen LogP contribution in [-0.2, 0) is 4.79 Å². The summed E-state index contributed by atoms with van der Waals surface area (Å²) in [6.07, 6.45) is 0. The summed E-state index contributed by atoms with van der Waals surface area (Å²) >= 11 is 0. The summed E-state index contributed by atoms with van der Waals surface area (Å²) < 4.78 is 0. The van der Waals surface area contributed by atoms with Gasteiger partial charge in [0.15, 0.2) is 0 Å². The van der Waals surface area contributed by atoms with Gasteiger partial charge in [0.2, 0.25) is 0 Å². The lowest BCUT2D eigenvalue weighted by molar-refractivity contribution is -0.119. The third-order valence-corrected chi connectivity index (χ3v) is 4.05. The lowest BCUT2D eigenvalue weighted by Crippen LogP contribution is -2.26. The molecule has 0 aromatic heterocycles. The molecule has 0 aliphatic carbocycles. The molecular weight excluding hydrogens is 310 g/mol. The van der Waals surface area contributed by atoms with Gasteiger partial charge in [-0.3, -0.25) is 4.79 Å². The monoisotopic (exact) mass is 331 g/mol. The second-order valence-electron chi connectivity index (χ2n) is 5.98. The van der Waals surface area contributed by atoms with Crippen LogP contribution in [0.4, 0.5) is 5.69 Å². The minimum atomic E-state index is -0.181. The summed E-state index contributed by atoms with van der Waals surface area (Å²) in [5, 5.41) is 9.59. The highest BCUT2D eigenvalue weighted by Crippen LogP contribution is 2.22. The van der Waals surface area contributed by atoms with Gasteiger partial charge in [-0.25, -0.2) is 5.43 Å². The lowest BCUT2D eigenvalue weighted by atomic mass is 10.1. The number of hydrogen-bond donors (Lipinski definition) is 2. The number of carbonyl (C=O) groups is 1. The van der Waals surface area contributed by atoms with Crippen LogP contribution in [0.5, 0.6) is 0 Å². The SMILES string of the molecule is C/C(=N\NC(=O)CNc1cccc2ccccc12)c1ccc(C)cc1. The zero-order chi connectivity index (χ0) is 17.6. The van der Waals surface area contributed by atoms with Crippen molar-refractivity contribution in [2.24, 2.45) is 5.10 Å². The normalized spacial score (nSPS) is 11.4. The Morgan fingerprint density at radius 1 is 0.960 bits per heavy atom. The van der Waals surface area contributed by atoms with E-state index in [1.807, 2.05) is 68.4 Å². The summed E-state index contributed by atoms with van der Waals surface area (Å²) in [6.45, 7) is 4.08. The molecule has 3 aromatic rings. The third kappa shape index (κ3) is 4.23. The molecule has 0 unspecified atom stereocenters. The first-order valence-corrected chi connectivity index (χ1v) is 8.25. The van der Waals surface area contributed by atoms with E-state index >= 15 is 0 Å². The van der Waals surface area contributed by atoms with E-state index in [4.69, 9.17) is 0 Å². The van der Waals surface area contributed by atoms with E-state index in [-0.39, 0.29) is 12.5 Å². The Balaban J connectivity index is 1.61. The highest BCUT2D eigenvalue weighted by molar-refractivity contribution is 5.99. The Morgan fingerprint density at radius 3 is 2.48 bits per heavy atom. The molecule has 3 rings (SSSR count). The Bertz CT molecular complexity index is 909. The van der Waals surface area contributed by atoms with Crippen molar-refractivity contribution in [1.29, 1.82) is 0 Å². The van der Waals surface area contributed by atoms with Crippen LogP contribution in [0.2, 0.25) is 0 Å². The number of amides is 1. The molecule has 0 aliphatic rings. The zero-order valence-corrected chi connectivity index (χ0v) is 14.4. The molecule has 1 amide bonds. The number of carbonyl (C=O) groups excluding carboxylic acids is 1. The average Bonchev–Trinajstić information content (AvgIpc) is 2.65. The van der Waals surface area contributed by atoms with Gasteiger partial charge in [-0.2, -0.15) is 5.10 Å². The number of nitrogens with one attached hydrogen (secondary N) is 2. The summed E-state index contributed by atoms with van der Waals surface area (Å²) in [5.41, 5.74) is 6.50. The van der Waals surface area contributed by atoms with Crippen molar-refractivity contribution in [3.05, 3.63) is 77.9 Å². The summed E-state index contributed by atoms with van der Waals surface area (Å²) in [6, 6.07) is 22.1. The quantitative estimate of drug-likeness (QED) is 0.546. The maximum Gasteiger partial charge on any atom is 0.259 e. The van der Waals surface area contributed by atoms with Crippen molar-refractivity contribution < 1.29 is 4.79 Å². The smallest absolute Gasteiger partial charge is 0.259 e. The first kappa shape index (κ1) is 16.7. The van der Waals surface area contributed by atoms with Gasteiger partial charge in [0.1, 0.15) is 0 Å². The minimum absolute atomic E-state index is 0.165. The number of aryl methyl sites for hydroxylation is 1. The first-order valence-electron chi connectivity index (χ1n) is 8.25. The van der Waals surface area contributed by atoms with E-state index in [0.29, 0.717) is 0 Å². The van der Waals surface area contributed by atoms with Crippen LogP contribution >= 0.6 is 0 Å². The molecule has 126 valence electrons. The van der Waals surface area contributed by atoms with Gasteiger partial charge in [-0.15, -0.1) is 0 Å². The van der Waals surface area contributed by atoms with Crippen molar-refractivity contribution in [3.63, 3.8) is 0 Å². The Morgan fingerprint density at radius 2 is 1.68 bits per heavy atom. The molecule has 25 heavy (non-hydrogen) atoms. The molecule has 0 spiro atoms. The molecular formula is C21H21N3O. The molecule has 3 aromatic carbocycles. The standard InChI is InChI=1S/C21H21N3O/c1-15-10-12-17(13-11-15)16(2)23-24-21(25)14-22-20-9-5-7-18-6-3-4-8-19(18)20/h3-13,22H,14H2,1-2H3,(H,24,25)/b23-16+. The van der Waals surface area contributed by atoms with Crippen LogP contribution in [0.1, 0.15) is 18.1 Å². The van der Waals surface area contributed by atoms with E-state index in [1.165, 1.54) is 5.56 Å². The highest BCUT2D eigenvalue weighted by atomic mass is 16.2. The van der Waals surface area contributed by atoms with Crippen molar-refractivity contribution in [2.75, 3.05) is 11.9 Å². The predicted octanol–water partition coefficient (Wildman–Crippen LogP) is 4.10. The minimum Gasteiger partial charge on any atom is -0.376 e. The zero-order valence-electron chi connectivity index (χ0n) is 14.4. The van der Waals surface area contributed by atoms with Gasteiger partial charge >= 0.3 is 0 Å². The van der Waals surface area contributed by atoms with Gasteiger partial charge < -0.3 is 5.32 Å². The number of hydrazone groups is 1. The van der Waals surface area contributed by atoms with Crippen LogP contribution in [-0.4, -0.2) is 18.2 Å². The molecule has 0 atom stereocenters. The topological polar surface area (TPSA) is 53.5 Å². The van der Waals surface area contributed by atoms with Gasteiger partial charge in [0, 0.05) is 11.1 Å². The predicted molar refractivity (Wildman–Crippen MR) is 104 cm³/mol. The van der Waals surface area contributed by atoms with Crippen molar-refractivity contribution in [2.45, 2.75) is 13.8 Å². The molecule has 4 heteroatoms. The Kier molecular flexibility index (Phi) is 5.09. The molecule has 0 radical (unpaired) electrons. The van der Waals surface area contributed by atoms with Gasteiger partial charge in [0.25, 0.3) is 5.91 Å². The molecule has 0 bridgehead atoms. The second-order valence-corrected chi connectivity index (χ2v) is 5.98. The van der Waals surface area contributed by atoms with E-state index in [2.05, 4.69) is 28.0 Å². The average molecular weight is 331 g/mol. The van der Waals surface area contributed by atoms with Gasteiger partial charge in [-0.1, -0.05) is 66.2 Å². The number of anilines is 1. The molecule has 0 aliphatic heterocycles. The number of nitrogens with zero attached hydrogens (tertiary/aromatic N) is 1. The van der Waals surface area contributed by atoms with Crippen LogP contribution in [0, 0.1) is 6.92 Å². The van der Waals surface area contributed by atoms with E-state index in [1.54, 1.807) is 0 Å². The maximum absolute atomic E-state index is 12.1. The molecule has 0 fully saturated rings. The van der Waals surface area contributed by atoms with Gasteiger partial charge in [0.05, 0.1) is 12.3 Å². The van der Waals surface area contributed by atoms with Crippen molar-refractivity contribution in [3.8, 4) is 0 Å². The molecule has 0 saturated carbocycles. The third-order valence-electron chi connectivity index (χ3n) is 4.05. The second kappa shape index (κ2) is 7.62. The number of fused-ring (bicyclic) bond motifs is 1. The summed E-state index contributed by atoms with van der Waals surface area (Å²) in [7, 11) is 0. The summed E-state index contributed by atoms with van der Waals surface area (Å²) in [4.78, 5) is 12.1. The summed E-state index contributed by atoms with van der Waals surface area (Å²) in [5.74, 6) is -0.181. The molecule has 0 saturated heterocycles. The van der Waals surface area contributed by atoms with Gasteiger partial charge in [-0.05, 0) is 30.9 Å². The fourth-order valence-corrected chi connectivity index (χ4v) is 2.60. The molecule has 2 N–H and O–H groups in total. The van der Waals surface area contributed by atoms with Crippen LogP contribution in [0.3, 0.4) is 0 Å². The number of benzene rings is 3. The maximum atomic E-state index is 12.1. The van der Waals surface area contributed by atoms with Crippen LogP contribution < -0.4 is 10.7 Å². The van der Waals surface area contributed by atoms with Crippen molar-refractivity contribution >= 4 is 28.1 Å². The lowest BCUT2D eigenvalue weighted by Gasteiger charge is -2.09. The highest BCUT2D eigenvalue weighted by Gasteiger charge is 2.04. The molecule has 0 heterocycles. The largest absolute Gasteiger partial charge is 0.376 e. The fraction of sp³-hybridized carbons (Fsp3) is 0.143. The van der Waals surface area contributed by atoms with Crippen molar-refractivity contribution in [1.82, 2.24) is 5.43 Å². The fourth-order valence-electron chi connectivity index (χ4n) is 2.60. The van der Waals surface area contributed by atoms with E-state index in [9.17, 15) is 4.79 Å². The van der Waals surface area contributed by atoms with E-state index in [0.717, 1.165) is 27.7 Å².